The second kappa shape index (κ2) is 7.21. The Balaban J connectivity index is 1.95. The van der Waals surface area contributed by atoms with Crippen LogP contribution in [0.1, 0.15) is 26.2 Å². The molecule has 14 heavy (non-hydrogen) atoms. The highest BCUT2D eigenvalue weighted by Crippen LogP contribution is 2.07. The monoisotopic (exact) mass is 200 g/mol. The molecule has 1 atom stereocenters. The van der Waals surface area contributed by atoms with Crippen molar-refractivity contribution in [2.75, 3.05) is 39.9 Å². The standard InChI is InChI=1S/C11H24N2O/c1-11(12-6-5-9-14-2)10-13-7-3-4-8-13/h11-12H,3-10H2,1-2H3. The van der Waals surface area contributed by atoms with E-state index in [2.05, 4.69) is 17.1 Å². The van der Waals surface area contributed by atoms with Crippen molar-refractivity contribution in [1.82, 2.24) is 10.2 Å². The predicted octanol–water partition coefficient (Wildman–Crippen LogP) is 1.10. The summed E-state index contributed by atoms with van der Waals surface area (Å²) in [6.07, 6.45) is 3.88. The van der Waals surface area contributed by atoms with E-state index in [0.29, 0.717) is 6.04 Å². The maximum atomic E-state index is 5.01. The van der Waals surface area contributed by atoms with Gasteiger partial charge >= 0.3 is 0 Å². The molecule has 1 heterocycles. The van der Waals surface area contributed by atoms with Crippen LogP contribution in [-0.4, -0.2) is 50.8 Å². The van der Waals surface area contributed by atoms with E-state index >= 15 is 0 Å². The molecular weight excluding hydrogens is 176 g/mol. The third-order valence-electron chi connectivity index (χ3n) is 2.75. The second-order valence-corrected chi connectivity index (χ2v) is 4.21. The second-order valence-electron chi connectivity index (χ2n) is 4.21. The Labute approximate surface area is 87.8 Å². The van der Waals surface area contributed by atoms with Gasteiger partial charge in [-0.15, -0.1) is 0 Å². The van der Waals surface area contributed by atoms with Gasteiger partial charge in [-0.1, -0.05) is 0 Å². The lowest BCUT2D eigenvalue weighted by Gasteiger charge is -2.21. The predicted molar refractivity (Wildman–Crippen MR) is 59.6 cm³/mol. The number of likely N-dealkylation sites (tertiary alicyclic amines) is 1. The van der Waals surface area contributed by atoms with Crippen molar-refractivity contribution in [2.45, 2.75) is 32.2 Å². The highest BCUT2D eigenvalue weighted by Gasteiger charge is 2.13. The molecule has 0 bridgehead atoms. The first kappa shape index (κ1) is 12.0. The van der Waals surface area contributed by atoms with Crippen molar-refractivity contribution < 1.29 is 4.74 Å². The normalized spacial score (nSPS) is 20.1. The first-order chi connectivity index (χ1) is 6.83. The molecular formula is C11H24N2O. The molecule has 1 aliphatic rings. The summed E-state index contributed by atoms with van der Waals surface area (Å²) in [7, 11) is 1.76. The zero-order valence-corrected chi connectivity index (χ0v) is 9.59. The van der Waals surface area contributed by atoms with Crippen LogP contribution >= 0.6 is 0 Å². The molecule has 84 valence electrons. The van der Waals surface area contributed by atoms with Gasteiger partial charge in [0.15, 0.2) is 0 Å². The Morgan fingerprint density at radius 1 is 1.36 bits per heavy atom. The summed E-state index contributed by atoms with van der Waals surface area (Å²) in [5, 5.41) is 3.52. The molecule has 1 aliphatic heterocycles. The van der Waals surface area contributed by atoms with E-state index in [1.165, 1.54) is 32.5 Å². The van der Waals surface area contributed by atoms with Gasteiger partial charge in [-0.05, 0) is 45.8 Å². The Kier molecular flexibility index (Phi) is 6.15. The average molecular weight is 200 g/mol. The van der Waals surface area contributed by atoms with Crippen LogP contribution in [0.25, 0.3) is 0 Å². The fourth-order valence-electron chi connectivity index (χ4n) is 1.98. The van der Waals surface area contributed by atoms with Gasteiger partial charge in [-0.25, -0.2) is 0 Å². The Morgan fingerprint density at radius 2 is 2.07 bits per heavy atom. The molecule has 0 aromatic rings. The summed E-state index contributed by atoms with van der Waals surface area (Å²) in [6, 6.07) is 0.616. The van der Waals surface area contributed by atoms with Gasteiger partial charge in [0.1, 0.15) is 0 Å². The molecule has 0 aliphatic carbocycles. The minimum absolute atomic E-state index is 0.616. The quantitative estimate of drug-likeness (QED) is 0.623. The summed E-state index contributed by atoms with van der Waals surface area (Å²) in [5.74, 6) is 0. The lowest BCUT2D eigenvalue weighted by molar-refractivity contribution is 0.192. The fraction of sp³-hybridized carbons (Fsp3) is 1.00. The number of methoxy groups -OCH3 is 1. The lowest BCUT2D eigenvalue weighted by atomic mass is 10.3. The number of nitrogens with one attached hydrogen (secondary N) is 1. The summed E-state index contributed by atoms with van der Waals surface area (Å²) in [4.78, 5) is 2.55. The van der Waals surface area contributed by atoms with Crippen LogP contribution in [0.5, 0.6) is 0 Å². The molecule has 0 aromatic carbocycles. The first-order valence-electron chi connectivity index (χ1n) is 5.77. The van der Waals surface area contributed by atoms with Crippen LogP contribution in [0.15, 0.2) is 0 Å². The van der Waals surface area contributed by atoms with E-state index in [4.69, 9.17) is 4.74 Å². The largest absolute Gasteiger partial charge is 0.385 e. The smallest absolute Gasteiger partial charge is 0.0474 e. The lowest BCUT2D eigenvalue weighted by Crippen LogP contribution is -2.38. The van der Waals surface area contributed by atoms with Crippen LogP contribution in [0, 0.1) is 0 Å². The van der Waals surface area contributed by atoms with E-state index in [0.717, 1.165) is 19.6 Å². The summed E-state index contributed by atoms with van der Waals surface area (Å²) in [5.41, 5.74) is 0. The van der Waals surface area contributed by atoms with E-state index in [1.807, 2.05) is 0 Å². The topological polar surface area (TPSA) is 24.5 Å². The summed E-state index contributed by atoms with van der Waals surface area (Å²) in [6.45, 7) is 8.00. The Hall–Kier alpha value is -0.120. The molecule has 0 amide bonds. The van der Waals surface area contributed by atoms with Crippen molar-refractivity contribution in [2.24, 2.45) is 0 Å². The Morgan fingerprint density at radius 3 is 2.71 bits per heavy atom. The molecule has 3 heteroatoms. The zero-order chi connectivity index (χ0) is 10.2. The van der Waals surface area contributed by atoms with Gasteiger partial charge in [0.25, 0.3) is 0 Å². The van der Waals surface area contributed by atoms with Crippen molar-refractivity contribution in [3.8, 4) is 0 Å². The van der Waals surface area contributed by atoms with Crippen LogP contribution in [0.4, 0.5) is 0 Å². The van der Waals surface area contributed by atoms with Crippen molar-refractivity contribution in [3.05, 3.63) is 0 Å². The van der Waals surface area contributed by atoms with Crippen LogP contribution in [0.3, 0.4) is 0 Å². The molecule has 1 unspecified atom stereocenters. The number of rotatable bonds is 7. The van der Waals surface area contributed by atoms with Gasteiger partial charge < -0.3 is 15.0 Å². The van der Waals surface area contributed by atoms with Crippen LogP contribution in [-0.2, 0) is 4.74 Å². The van der Waals surface area contributed by atoms with Gasteiger partial charge in [0, 0.05) is 26.3 Å². The molecule has 0 saturated carbocycles. The molecule has 3 nitrogen and oxygen atoms in total. The molecule has 0 aromatic heterocycles. The summed E-state index contributed by atoms with van der Waals surface area (Å²) >= 11 is 0. The number of nitrogens with zero attached hydrogens (tertiary/aromatic N) is 1. The highest BCUT2D eigenvalue weighted by atomic mass is 16.5. The van der Waals surface area contributed by atoms with E-state index in [-0.39, 0.29) is 0 Å². The van der Waals surface area contributed by atoms with Crippen molar-refractivity contribution in [1.29, 1.82) is 0 Å². The van der Waals surface area contributed by atoms with Crippen LogP contribution < -0.4 is 5.32 Å². The molecule has 0 radical (unpaired) electrons. The average Bonchev–Trinajstić information content (AvgIpc) is 2.65. The maximum absolute atomic E-state index is 5.01. The molecule has 1 rings (SSSR count). The van der Waals surface area contributed by atoms with Gasteiger partial charge in [0.05, 0.1) is 0 Å². The van der Waals surface area contributed by atoms with E-state index in [1.54, 1.807) is 7.11 Å². The first-order valence-corrected chi connectivity index (χ1v) is 5.77. The maximum Gasteiger partial charge on any atom is 0.0474 e. The van der Waals surface area contributed by atoms with Crippen molar-refractivity contribution >= 4 is 0 Å². The number of ether oxygens (including phenoxy) is 1. The highest BCUT2D eigenvalue weighted by molar-refractivity contribution is 4.72. The fourth-order valence-corrected chi connectivity index (χ4v) is 1.98. The molecule has 1 fully saturated rings. The third-order valence-corrected chi connectivity index (χ3v) is 2.75. The molecule has 1 N–H and O–H groups in total. The summed E-state index contributed by atoms with van der Waals surface area (Å²) < 4.78 is 5.01. The van der Waals surface area contributed by atoms with Crippen LogP contribution in [0.2, 0.25) is 0 Å². The third kappa shape index (κ3) is 4.94. The minimum atomic E-state index is 0.616. The van der Waals surface area contributed by atoms with Gasteiger partial charge in [-0.2, -0.15) is 0 Å². The number of hydrogen-bond donors (Lipinski definition) is 1. The molecule has 0 spiro atoms. The van der Waals surface area contributed by atoms with Gasteiger partial charge in [0.2, 0.25) is 0 Å². The van der Waals surface area contributed by atoms with E-state index < -0.39 is 0 Å². The zero-order valence-electron chi connectivity index (χ0n) is 9.59. The van der Waals surface area contributed by atoms with E-state index in [9.17, 15) is 0 Å². The van der Waals surface area contributed by atoms with Gasteiger partial charge in [-0.3, -0.25) is 0 Å². The number of hydrogen-bond acceptors (Lipinski definition) is 3. The van der Waals surface area contributed by atoms with Crippen molar-refractivity contribution in [3.63, 3.8) is 0 Å². The molecule has 1 saturated heterocycles. The Bertz CT molecular complexity index is 135. The minimum Gasteiger partial charge on any atom is -0.385 e. The SMILES string of the molecule is COCCCNC(C)CN1CCCC1.